The highest BCUT2D eigenvalue weighted by Gasteiger charge is 2.41. The van der Waals surface area contributed by atoms with Crippen molar-refractivity contribution in [3.05, 3.63) is 35.9 Å². The Kier molecular flexibility index (Phi) is 5.11. The number of ketones is 1. The molecule has 1 aliphatic heterocycles. The minimum absolute atomic E-state index is 0.00997. The third kappa shape index (κ3) is 4.20. The Morgan fingerprint density at radius 1 is 1.09 bits per heavy atom. The van der Waals surface area contributed by atoms with Gasteiger partial charge in [-0.25, -0.2) is 0 Å². The number of nitrogens with one attached hydrogen (secondary N) is 1. The van der Waals surface area contributed by atoms with Crippen LogP contribution in [0.2, 0.25) is 0 Å². The lowest BCUT2D eigenvalue weighted by Crippen LogP contribution is -2.37. The molecule has 1 atom stereocenters. The van der Waals surface area contributed by atoms with E-state index < -0.39 is 0 Å². The molecule has 1 N–H and O–H groups in total. The average Bonchev–Trinajstić information content (AvgIpc) is 2.96. The molecule has 3 rings (SSSR count). The second-order valence-electron chi connectivity index (χ2n) is 6.81. The number of carbonyl (C=O) groups is 2. The number of benzene rings is 1. The summed E-state index contributed by atoms with van der Waals surface area (Å²) in [5.41, 5.74) is 0.682. The van der Waals surface area contributed by atoms with Gasteiger partial charge in [-0.2, -0.15) is 0 Å². The van der Waals surface area contributed by atoms with Crippen LogP contribution in [0.15, 0.2) is 30.3 Å². The third-order valence-corrected chi connectivity index (χ3v) is 5.01. The Morgan fingerprint density at radius 2 is 1.83 bits per heavy atom. The second kappa shape index (κ2) is 7.26. The molecule has 1 spiro atoms. The smallest absolute Gasteiger partial charge is 0.220 e. The lowest BCUT2D eigenvalue weighted by Gasteiger charge is -2.32. The fourth-order valence-corrected chi connectivity index (χ4v) is 3.78. The van der Waals surface area contributed by atoms with E-state index in [1.165, 1.54) is 19.3 Å². The first-order chi connectivity index (χ1) is 11.2. The van der Waals surface area contributed by atoms with Crippen LogP contribution in [0.1, 0.15) is 61.7 Å². The fourth-order valence-electron chi connectivity index (χ4n) is 3.78. The molecule has 1 aromatic carbocycles. The van der Waals surface area contributed by atoms with Crippen molar-refractivity contribution in [3.63, 3.8) is 0 Å². The van der Waals surface area contributed by atoms with Gasteiger partial charge in [-0.05, 0) is 19.3 Å². The van der Waals surface area contributed by atoms with Gasteiger partial charge in [0.25, 0.3) is 0 Å². The minimum atomic E-state index is -0.0456. The van der Waals surface area contributed by atoms with Crippen molar-refractivity contribution < 1.29 is 14.3 Å². The zero-order valence-electron chi connectivity index (χ0n) is 13.6. The van der Waals surface area contributed by atoms with Crippen LogP contribution >= 0.6 is 0 Å². The molecule has 1 amide bonds. The van der Waals surface area contributed by atoms with E-state index in [9.17, 15) is 9.59 Å². The van der Waals surface area contributed by atoms with Crippen molar-refractivity contribution in [1.29, 1.82) is 0 Å². The maximum Gasteiger partial charge on any atom is 0.220 e. The largest absolute Gasteiger partial charge is 0.373 e. The summed E-state index contributed by atoms with van der Waals surface area (Å²) in [5.74, 6) is -0.0251. The molecule has 124 valence electrons. The molecule has 1 aliphatic carbocycles. The molecule has 1 saturated heterocycles. The van der Waals surface area contributed by atoms with Crippen LogP contribution < -0.4 is 5.32 Å². The first-order valence-corrected chi connectivity index (χ1v) is 8.68. The van der Waals surface area contributed by atoms with E-state index in [1.54, 1.807) is 12.1 Å². The molecule has 0 aromatic heterocycles. The van der Waals surface area contributed by atoms with Crippen molar-refractivity contribution in [3.8, 4) is 0 Å². The van der Waals surface area contributed by atoms with E-state index in [0.717, 1.165) is 19.3 Å². The molecular weight excluding hydrogens is 290 g/mol. The van der Waals surface area contributed by atoms with E-state index in [2.05, 4.69) is 5.32 Å². The van der Waals surface area contributed by atoms with Gasteiger partial charge in [0.05, 0.1) is 18.2 Å². The Labute approximate surface area is 137 Å². The SMILES string of the molecule is O=C(CCC(=O)c1ccccc1)N[C@@H]1COC2(CCCCC2)C1. The standard InChI is InChI=1S/C19H25NO3/c21-17(15-7-3-1-4-8-15)9-10-18(22)20-16-13-19(23-14-16)11-5-2-6-12-19/h1,3-4,7-8,16H,2,5-6,9-14H2,(H,20,22)/t16-/m0/s1. The Balaban J connectivity index is 1.42. The molecule has 4 heteroatoms. The highest BCUT2D eigenvalue weighted by Crippen LogP contribution is 2.39. The van der Waals surface area contributed by atoms with Gasteiger partial charge in [-0.3, -0.25) is 9.59 Å². The Hall–Kier alpha value is -1.68. The molecule has 23 heavy (non-hydrogen) atoms. The number of rotatable bonds is 5. The number of hydrogen-bond acceptors (Lipinski definition) is 3. The lowest BCUT2D eigenvalue weighted by molar-refractivity contribution is -0.121. The normalized spacial score (nSPS) is 22.9. The van der Waals surface area contributed by atoms with E-state index in [0.29, 0.717) is 12.2 Å². The molecule has 0 radical (unpaired) electrons. The minimum Gasteiger partial charge on any atom is -0.373 e. The van der Waals surface area contributed by atoms with E-state index in [4.69, 9.17) is 4.74 Å². The average molecular weight is 315 g/mol. The molecular formula is C19H25NO3. The summed E-state index contributed by atoms with van der Waals surface area (Å²) in [6.07, 6.45) is 7.41. The summed E-state index contributed by atoms with van der Waals surface area (Å²) in [5, 5.41) is 3.04. The van der Waals surface area contributed by atoms with Gasteiger partial charge >= 0.3 is 0 Å². The van der Waals surface area contributed by atoms with Gasteiger partial charge in [0, 0.05) is 18.4 Å². The summed E-state index contributed by atoms with van der Waals surface area (Å²) < 4.78 is 6.01. The molecule has 2 fully saturated rings. The summed E-state index contributed by atoms with van der Waals surface area (Å²) >= 11 is 0. The van der Waals surface area contributed by atoms with Gasteiger partial charge in [0.15, 0.2) is 5.78 Å². The maximum absolute atomic E-state index is 12.1. The quantitative estimate of drug-likeness (QED) is 0.849. The highest BCUT2D eigenvalue weighted by atomic mass is 16.5. The summed E-state index contributed by atoms with van der Waals surface area (Å²) in [6, 6.07) is 9.24. The van der Waals surface area contributed by atoms with Crippen LogP contribution in [0.5, 0.6) is 0 Å². The van der Waals surface area contributed by atoms with Crippen molar-refractivity contribution in [2.24, 2.45) is 0 Å². The predicted octanol–water partition coefficient (Wildman–Crippen LogP) is 3.26. The second-order valence-corrected chi connectivity index (χ2v) is 6.81. The number of carbonyl (C=O) groups excluding carboxylic acids is 2. The Bertz CT molecular complexity index is 549. The van der Waals surface area contributed by atoms with Crippen LogP contribution in [-0.2, 0) is 9.53 Å². The predicted molar refractivity (Wildman–Crippen MR) is 88.3 cm³/mol. The molecule has 2 aliphatic rings. The van der Waals surface area contributed by atoms with Crippen molar-refractivity contribution in [2.75, 3.05) is 6.61 Å². The van der Waals surface area contributed by atoms with Crippen LogP contribution in [0.3, 0.4) is 0 Å². The van der Waals surface area contributed by atoms with E-state index in [-0.39, 0.29) is 36.2 Å². The van der Waals surface area contributed by atoms with Crippen LogP contribution in [-0.4, -0.2) is 29.9 Å². The summed E-state index contributed by atoms with van der Waals surface area (Å²) in [6.45, 7) is 0.609. The molecule has 1 heterocycles. The third-order valence-electron chi connectivity index (χ3n) is 5.01. The first kappa shape index (κ1) is 16.2. The van der Waals surface area contributed by atoms with E-state index in [1.807, 2.05) is 18.2 Å². The topological polar surface area (TPSA) is 55.4 Å². The van der Waals surface area contributed by atoms with E-state index >= 15 is 0 Å². The van der Waals surface area contributed by atoms with Gasteiger partial charge in [0.2, 0.25) is 5.91 Å². The van der Waals surface area contributed by atoms with Crippen LogP contribution in [0.4, 0.5) is 0 Å². The fraction of sp³-hybridized carbons (Fsp3) is 0.579. The maximum atomic E-state index is 12.1. The summed E-state index contributed by atoms with van der Waals surface area (Å²) in [4.78, 5) is 24.1. The summed E-state index contributed by atoms with van der Waals surface area (Å²) in [7, 11) is 0. The molecule has 4 nitrogen and oxygen atoms in total. The molecule has 0 unspecified atom stereocenters. The molecule has 0 bridgehead atoms. The van der Waals surface area contributed by atoms with Crippen molar-refractivity contribution >= 4 is 11.7 Å². The zero-order valence-corrected chi connectivity index (χ0v) is 13.6. The lowest BCUT2D eigenvalue weighted by atomic mass is 9.82. The number of Topliss-reactive ketones (excluding diaryl/α,β-unsaturated/α-hetero) is 1. The van der Waals surface area contributed by atoms with Gasteiger partial charge in [-0.1, -0.05) is 49.6 Å². The number of amides is 1. The molecule has 1 saturated carbocycles. The van der Waals surface area contributed by atoms with Crippen molar-refractivity contribution in [1.82, 2.24) is 5.32 Å². The Morgan fingerprint density at radius 3 is 2.57 bits per heavy atom. The van der Waals surface area contributed by atoms with Gasteiger partial charge < -0.3 is 10.1 Å². The first-order valence-electron chi connectivity index (χ1n) is 8.68. The zero-order chi connectivity index (χ0) is 16.1. The van der Waals surface area contributed by atoms with Crippen LogP contribution in [0, 0.1) is 0 Å². The van der Waals surface area contributed by atoms with Crippen molar-refractivity contribution in [2.45, 2.75) is 63.0 Å². The monoisotopic (exact) mass is 315 g/mol. The van der Waals surface area contributed by atoms with Gasteiger partial charge in [0.1, 0.15) is 0 Å². The van der Waals surface area contributed by atoms with Crippen LogP contribution in [0.25, 0.3) is 0 Å². The van der Waals surface area contributed by atoms with Gasteiger partial charge in [-0.15, -0.1) is 0 Å². The highest BCUT2D eigenvalue weighted by molar-refractivity contribution is 5.97. The number of hydrogen-bond donors (Lipinski definition) is 1. The molecule has 1 aromatic rings. The number of ether oxygens (including phenoxy) is 1.